The van der Waals surface area contributed by atoms with Crippen molar-refractivity contribution in [1.29, 1.82) is 0 Å². The molecular weight excluding hydrogens is 178 g/mol. The van der Waals surface area contributed by atoms with E-state index in [1.165, 1.54) is 0 Å². The number of hydrogen-bond acceptors (Lipinski definition) is 3. The average Bonchev–Trinajstić information content (AvgIpc) is 2.26. The summed E-state index contributed by atoms with van der Waals surface area (Å²) in [5, 5.41) is 1.59. The van der Waals surface area contributed by atoms with Gasteiger partial charge in [0, 0.05) is 6.42 Å². The van der Waals surface area contributed by atoms with Crippen molar-refractivity contribution in [1.82, 2.24) is 0 Å². The van der Waals surface area contributed by atoms with Crippen LogP contribution in [-0.4, -0.2) is 12.5 Å². The molecule has 3 nitrogen and oxygen atoms in total. The summed E-state index contributed by atoms with van der Waals surface area (Å²) in [5.74, 6) is -0.212. The van der Waals surface area contributed by atoms with Crippen molar-refractivity contribution < 1.29 is 9.63 Å². The molecule has 0 saturated carbocycles. The van der Waals surface area contributed by atoms with Gasteiger partial charge in [0.2, 0.25) is 0 Å². The number of hydrogen-bond donors (Lipinski definition) is 0. The van der Waals surface area contributed by atoms with Gasteiger partial charge >= 0.3 is 5.97 Å². The molecule has 0 spiro atoms. The Morgan fingerprint density at radius 2 is 1.93 bits per heavy atom. The molecule has 0 saturated heterocycles. The molecule has 3 heteroatoms. The van der Waals surface area contributed by atoms with Gasteiger partial charge in [-0.25, -0.2) is 9.86 Å². The number of hydroxylamine groups is 1. The Labute approximate surface area is 84.2 Å². The normalized spacial score (nSPS) is 9.57. The highest BCUT2D eigenvalue weighted by atomic mass is 16.7. The Hall–Kier alpha value is -1.51. The summed E-state index contributed by atoms with van der Waals surface area (Å²) in [6.45, 7) is 4.37. The maximum Gasteiger partial charge on any atom is 0.332 e. The lowest BCUT2D eigenvalue weighted by Gasteiger charge is -2.20. The van der Waals surface area contributed by atoms with Gasteiger partial charge in [0.15, 0.2) is 0 Å². The largest absolute Gasteiger partial charge is 0.341 e. The molecule has 0 aliphatic heterocycles. The number of anilines is 1. The first-order chi connectivity index (χ1) is 6.77. The highest BCUT2D eigenvalue weighted by Gasteiger charge is 2.08. The van der Waals surface area contributed by atoms with Crippen LogP contribution in [0.1, 0.15) is 20.3 Å². The third kappa shape index (κ3) is 2.76. The zero-order valence-electron chi connectivity index (χ0n) is 8.56. The van der Waals surface area contributed by atoms with Gasteiger partial charge in [-0.3, -0.25) is 0 Å². The minimum absolute atomic E-state index is 0.212. The molecule has 76 valence electrons. The lowest BCUT2D eigenvalue weighted by atomic mass is 10.3. The highest BCUT2D eigenvalue weighted by molar-refractivity contribution is 5.70. The van der Waals surface area contributed by atoms with Crippen molar-refractivity contribution in [3.63, 3.8) is 0 Å². The number of rotatable bonds is 4. The first-order valence-corrected chi connectivity index (χ1v) is 4.81. The van der Waals surface area contributed by atoms with E-state index in [9.17, 15) is 4.79 Å². The molecule has 0 aliphatic carbocycles. The van der Waals surface area contributed by atoms with Crippen LogP contribution in [0, 0.1) is 0 Å². The molecule has 0 bridgehead atoms. The Balaban J connectivity index is 2.68. The van der Waals surface area contributed by atoms with E-state index in [4.69, 9.17) is 4.84 Å². The van der Waals surface area contributed by atoms with Crippen LogP contribution in [0.2, 0.25) is 0 Å². The first-order valence-electron chi connectivity index (χ1n) is 4.81. The molecule has 0 aromatic heterocycles. The summed E-state index contributed by atoms with van der Waals surface area (Å²) in [7, 11) is 0. The fourth-order valence-corrected chi connectivity index (χ4v) is 1.08. The van der Waals surface area contributed by atoms with Crippen LogP contribution >= 0.6 is 0 Å². The molecule has 0 fully saturated rings. The lowest BCUT2D eigenvalue weighted by Crippen LogP contribution is -2.26. The minimum Gasteiger partial charge on any atom is -0.341 e. The fourth-order valence-electron chi connectivity index (χ4n) is 1.08. The number of carbonyl (C=O) groups excluding carboxylic acids is 1. The van der Waals surface area contributed by atoms with Gasteiger partial charge in [0.05, 0.1) is 12.2 Å². The quantitative estimate of drug-likeness (QED) is 0.687. The van der Waals surface area contributed by atoms with Crippen LogP contribution in [0.4, 0.5) is 5.69 Å². The first kappa shape index (κ1) is 10.6. The zero-order valence-corrected chi connectivity index (χ0v) is 8.56. The molecule has 1 aromatic rings. The van der Waals surface area contributed by atoms with Gasteiger partial charge in [-0.15, -0.1) is 0 Å². The maximum absolute atomic E-state index is 11.1. The minimum atomic E-state index is -0.212. The van der Waals surface area contributed by atoms with Crippen LogP contribution in [0.5, 0.6) is 0 Å². The summed E-state index contributed by atoms with van der Waals surface area (Å²) >= 11 is 0. The van der Waals surface area contributed by atoms with Crippen LogP contribution < -0.4 is 5.06 Å². The van der Waals surface area contributed by atoms with E-state index in [2.05, 4.69) is 0 Å². The summed E-state index contributed by atoms with van der Waals surface area (Å²) < 4.78 is 0. The molecular formula is C11H15NO2. The SMILES string of the molecule is CCC(=O)ON(CC)c1ccccc1. The third-order valence-corrected chi connectivity index (χ3v) is 1.83. The van der Waals surface area contributed by atoms with Crippen LogP contribution in [0.15, 0.2) is 30.3 Å². The molecule has 0 heterocycles. The van der Waals surface area contributed by atoms with Gasteiger partial charge < -0.3 is 4.84 Å². The van der Waals surface area contributed by atoms with Crippen molar-refractivity contribution in [2.75, 3.05) is 11.6 Å². The predicted molar refractivity (Wildman–Crippen MR) is 55.8 cm³/mol. The summed E-state index contributed by atoms with van der Waals surface area (Å²) in [6, 6.07) is 9.58. The van der Waals surface area contributed by atoms with Crippen LogP contribution in [0.3, 0.4) is 0 Å². The van der Waals surface area contributed by atoms with Crippen molar-refractivity contribution in [3.05, 3.63) is 30.3 Å². The number of benzene rings is 1. The predicted octanol–water partition coefficient (Wildman–Crippen LogP) is 2.38. The van der Waals surface area contributed by atoms with E-state index >= 15 is 0 Å². The Bertz CT molecular complexity index is 285. The van der Waals surface area contributed by atoms with E-state index < -0.39 is 0 Å². The van der Waals surface area contributed by atoms with Crippen molar-refractivity contribution >= 4 is 11.7 Å². The third-order valence-electron chi connectivity index (χ3n) is 1.83. The van der Waals surface area contributed by atoms with Crippen LogP contribution in [0.25, 0.3) is 0 Å². The highest BCUT2D eigenvalue weighted by Crippen LogP contribution is 2.13. The average molecular weight is 193 g/mol. The van der Waals surface area contributed by atoms with Crippen molar-refractivity contribution in [2.45, 2.75) is 20.3 Å². The Morgan fingerprint density at radius 1 is 1.29 bits per heavy atom. The monoisotopic (exact) mass is 193 g/mol. The Kier molecular flexibility index (Phi) is 3.98. The standard InChI is InChI=1S/C11H15NO2/c1-3-11(13)14-12(4-2)10-8-6-5-7-9-10/h5-9H,3-4H2,1-2H3. The topological polar surface area (TPSA) is 29.5 Å². The number of carbonyl (C=O) groups is 1. The van der Waals surface area contributed by atoms with Gasteiger partial charge in [-0.2, -0.15) is 0 Å². The van der Waals surface area contributed by atoms with Crippen LogP contribution in [-0.2, 0) is 9.63 Å². The van der Waals surface area contributed by atoms with E-state index in [0.717, 1.165) is 5.69 Å². The summed E-state index contributed by atoms with van der Waals surface area (Å²) in [4.78, 5) is 16.2. The Morgan fingerprint density at radius 3 is 2.43 bits per heavy atom. The molecule has 1 rings (SSSR count). The second-order valence-corrected chi connectivity index (χ2v) is 2.85. The molecule has 1 aromatic carbocycles. The molecule has 0 aliphatic rings. The molecule has 0 amide bonds. The van der Waals surface area contributed by atoms with E-state index in [1.54, 1.807) is 12.0 Å². The number of nitrogens with zero attached hydrogens (tertiary/aromatic N) is 1. The number of para-hydroxylation sites is 1. The van der Waals surface area contributed by atoms with E-state index in [0.29, 0.717) is 13.0 Å². The molecule has 0 radical (unpaired) electrons. The van der Waals surface area contributed by atoms with Crippen molar-refractivity contribution in [3.8, 4) is 0 Å². The van der Waals surface area contributed by atoms with Gasteiger partial charge in [0.25, 0.3) is 0 Å². The van der Waals surface area contributed by atoms with E-state index in [-0.39, 0.29) is 5.97 Å². The maximum atomic E-state index is 11.1. The molecule has 0 atom stereocenters. The lowest BCUT2D eigenvalue weighted by molar-refractivity contribution is -0.144. The fraction of sp³-hybridized carbons (Fsp3) is 0.364. The van der Waals surface area contributed by atoms with E-state index in [1.807, 2.05) is 37.3 Å². The summed E-state index contributed by atoms with van der Waals surface area (Å²) in [5.41, 5.74) is 0.900. The summed E-state index contributed by atoms with van der Waals surface area (Å²) in [6.07, 6.45) is 0.392. The molecule has 14 heavy (non-hydrogen) atoms. The van der Waals surface area contributed by atoms with Gasteiger partial charge in [0.1, 0.15) is 0 Å². The van der Waals surface area contributed by atoms with Crippen molar-refractivity contribution in [2.24, 2.45) is 0 Å². The zero-order chi connectivity index (χ0) is 10.4. The van der Waals surface area contributed by atoms with Gasteiger partial charge in [-0.05, 0) is 19.1 Å². The van der Waals surface area contributed by atoms with Gasteiger partial charge in [-0.1, -0.05) is 25.1 Å². The second-order valence-electron chi connectivity index (χ2n) is 2.85. The molecule has 0 N–H and O–H groups in total. The second kappa shape index (κ2) is 5.27. The smallest absolute Gasteiger partial charge is 0.332 e. The molecule has 0 unspecified atom stereocenters.